The van der Waals surface area contributed by atoms with Crippen molar-refractivity contribution in [2.75, 3.05) is 23.7 Å². The Morgan fingerprint density at radius 1 is 1.38 bits per heavy atom. The van der Waals surface area contributed by atoms with E-state index < -0.39 is 5.92 Å². The molecule has 1 aliphatic heterocycles. The fraction of sp³-hybridized carbons (Fsp3) is 0.545. The van der Waals surface area contributed by atoms with Gasteiger partial charge in [-0.15, -0.1) is 0 Å². The van der Waals surface area contributed by atoms with Gasteiger partial charge < -0.3 is 10.6 Å². The highest BCUT2D eigenvalue weighted by Gasteiger charge is 2.34. The molecule has 0 amide bonds. The molecule has 0 saturated carbocycles. The van der Waals surface area contributed by atoms with Crippen molar-refractivity contribution < 1.29 is 8.78 Å². The third-order valence-electron chi connectivity index (χ3n) is 2.88. The molecule has 0 unspecified atom stereocenters. The predicted molar refractivity (Wildman–Crippen MR) is 59.8 cm³/mol. The minimum atomic E-state index is -2.52. The number of alkyl halides is 2. The molecular formula is C11H15F2N3. The van der Waals surface area contributed by atoms with Gasteiger partial charge in [-0.1, -0.05) is 0 Å². The lowest BCUT2D eigenvalue weighted by Gasteiger charge is -2.34. The van der Waals surface area contributed by atoms with Crippen LogP contribution >= 0.6 is 0 Å². The van der Waals surface area contributed by atoms with Crippen molar-refractivity contribution in [2.24, 2.45) is 0 Å². The van der Waals surface area contributed by atoms with Crippen LogP contribution in [0.4, 0.5) is 20.2 Å². The van der Waals surface area contributed by atoms with Crippen molar-refractivity contribution in [3.63, 3.8) is 0 Å². The average Bonchev–Trinajstić information content (AvgIpc) is 2.22. The first-order valence-corrected chi connectivity index (χ1v) is 5.33. The summed E-state index contributed by atoms with van der Waals surface area (Å²) in [6.07, 6.45) is 1.37. The van der Waals surface area contributed by atoms with E-state index in [-0.39, 0.29) is 12.8 Å². The van der Waals surface area contributed by atoms with E-state index >= 15 is 0 Å². The Hall–Kier alpha value is -1.39. The number of hydrogen-bond donors (Lipinski definition) is 1. The molecule has 0 aliphatic carbocycles. The number of pyridine rings is 1. The van der Waals surface area contributed by atoms with Gasteiger partial charge in [-0.05, 0) is 13.0 Å². The van der Waals surface area contributed by atoms with Crippen molar-refractivity contribution in [2.45, 2.75) is 25.7 Å². The van der Waals surface area contributed by atoms with Gasteiger partial charge in [0.25, 0.3) is 5.92 Å². The monoisotopic (exact) mass is 227 g/mol. The number of nitrogens with zero attached hydrogens (tertiary/aromatic N) is 2. The van der Waals surface area contributed by atoms with Crippen LogP contribution in [0.5, 0.6) is 0 Å². The Morgan fingerprint density at radius 2 is 2.00 bits per heavy atom. The number of nitrogens with two attached hydrogens (primary N) is 1. The molecule has 1 saturated heterocycles. The van der Waals surface area contributed by atoms with Gasteiger partial charge in [0.1, 0.15) is 0 Å². The molecule has 0 spiro atoms. The highest BCUT2D eigenvalue weighted by Crippen LogP contribution is 2.32. The van der Waals surface area contributed by atoms with E-state index in [4.69, 9.17) is 5.73 Å². The van der Waals surface area contributed by atoms with Gasteiger partial charge in [0.05, 0.1) is 17.6 Å². The van der Waals surface area contributed by atoms with Crippen molar-refractivity contribution in [3.8, 4) is 0 Å². The number of hydrogen-bond acceptors (Lipinski definition) is 3. The van der Waals surface area contributed by atoms with Gasteiger partial charge in [-0.25, -0.2) is 8.78 Å². The summed E-state index contributed by atoms with van der Waals surface area (Å²) in [5, 5.41) is 0. The Kier molecular flexibility index (Phi) is 2.69. The smallest absolute Gasteiger partial charge is 0.251 e. The lowest BCUT2D eigenvalue weighted by molar-refractivity contribution is -0.0220. The number of nitrogen functional groups attached to an aromatic ring is 1. The van der Waals surface area contributed by atoms with Gasteiger partial charge in [0.15, 0.2) is 0 Å². The van der Waals surface area contributed by atoms with Crippen LogP contribution in [0.1, 0.15) is 18.5 Å². The maximum Gasteiger partial charge on any atom is 0.251 e. The van der Waals surface area contributed by atoms with Crippen LogP contribution in [-0.2, 0) is 0 Å². The summed E-state index contributed by atoms with van der Waals surface area (Å²) in [6, 6.07) is 1.85. The summed E-state index contributed by atoms with van der Waals surface area (Å²) in [5.74, 6) is -2.52. The van der Waals surface area contributed by atoms with Gasteiger partial charge in [0.2, 0.25) is 0 Å². The van der Waals surface area contributed by atoms with Crippen molar-refractivity contribution in [1.82, 2.24) is 4.98 Å². The number of aromatic nitrogens is 1. The zero-order chi connectivity index (χ0) is 11.8. The van der Waals surface area contributed by atoms with Gasteiger partial charge in [0, 0.05) is 31.6 Å². The summed E-state index contributed by atoms with van der Waals surface area (Å²) in [7, 11) is 0. The zero-order valence-corrected chi connectivity index (χ0v) is 9.21. The first-order chi connectivity index (χ1) is 7.48. The molecule has 1 aromatic rings. The first kappa shape index (κ1) is 11.1. The second-order valence-electron chi connectivity index (χ2n) is 4.23. The van der Waals surface area contributed by atoms with E-state index in [1.54, 1.807) is 6.20 Å². The van der Waals surface area contributed by atoms with Crippen LogP contribution in [0, 0.1) is 6.92 Å². The molecule has 5 heteroatoms. The van der Waals surface area contributed by atoms with E-state index in [1.165, 1.54) is 0 Å². The van der Waals surface area contributed by atoms with Crippen molar-refractivity contribution in [1.29, 1.82) is 0 Å². The van der Waals surface area contributed by atoms with E-state index in [1.807, 2.05) is 17.9 Å². The maximum atomic E-state index is 13.0. The molecule has 0 aromatic carbocycles. The molecule has 1 fully saturated rings. The van der Waals surface area contributed by atoms with Gasteiger partial charge in [-0.3, -0.25) is 4.98 Å². The molecule has 1 aliphatic rings. The third-order valence-corrected chi connectivity index (χ3v) is 2.88. The van der Waals surface area contributed by atoms with E-state index in [0.717, 1.165) is 11.4 Å². The first-order valence-electron chi connectivity index (χ1n) is 5.33. The number of rotatable bonds is 1. The van der Waals surface area contributed by atoms with E-state index in [0.29, 0.717) is 18.8 Å². The van der Waals surface area contributed by atoms with Crippen LogP contribution in [0.3, 0.4) is 0 Å². The minimum Gasteiger partial charge on any atom is -0.396 e. The fourth-order valence-electron chi connectivity index (χ4n) is 1.90. The molecule has 1 aromatic heterocycles. The van der Waals surface area contributed by atoms with Crippen LogP contribution < -0.4 is 10.6 Å². The van der Waals surface area contributed by atoms with E-state index in [2.05, 4.69) is 4.98 Å². The number of aryl methyl sites for hydroxylation is 1. The quantitative estimate of drug-likeness (QED) is 0.799. The molecule has 0 bridgehead atoms. The molecule has 0 radical (unpaired) electrons. The van der Waals surface area contributed by atoms with Crippen LogP contribution in [0.25, 0.3) is 0 Å². The zero-order valence-electron chi connectivity index (χ0n) is 9.21. The Labute approximate surface area is 93.3 Å². The van der Waals surface area contributed by atoms with Crippen LogP contribution in [0.15, 0.2) is 12.3 Å². The van der Waals surface area contributed by atoms with Crippen LogP contribution in [0.2, 0.25) is 0 Å². The maximum absolute atomic E-state index is 13.0. The summed E-state index contributed by atoms with van der Waals surface area (Å²) in [5.41, 5.74) is 8.02. The highest BCUT2D eigenvalue weighted by atomic mass is 19.3. The average molecular weight is 227 g/mol. The number of piperidine rings is 1. The highest BCUT2D eigenvalue weighted by molar-refractivity contribution is 5.67. The Bertz CT molecular complexity index is 383. The Morgan fingerprint density at radius 3 is 2.62 bits per heavy atom. The minimum absolute atomic E-state index is 0.103. The summed E-state index contributed by atoms with van der Waals surface area (Å²) >= 11 is 0. The largest absolute Gasteiger partial charge is 0.396 e. The van der Waals surface area contributed by atoms with Crippen LogP contribution in [-0.4, -0.2) is 24.0 Å². The molecule has 2 rings (SSSR count). The second kappa shape index (κ2) is 3.88. The second-order valence-corrected chi connectivity index (χ2v) is 4.23. The molecule has 16 heavy (non-hydrogen) atoms. The molecular weight excluding hydrogens is 212 g/mol. The lowest BCUT2D eigenvalue weighted by atomic mass is 10.1. The number of anilines is 2. The SMILES string of the molecule is Cc1cc(N2CCC(F)(F)CC2)c(N)cn1. The predicted octanol–water partition coefficient (Wildman–Crippen LogP) is 2.21. The molecule has 2 N–H and O–H groups in total. The van der Waals surface area contributed by atoms with E-state index in [9.17, 15) is 8.78 Å². The Balaban J connectivity index is 2.17. The van der Waals surface area contributed by atoms with Gasteiger partial charge in [-0.2, -0.15) is 0 Å². The number of halogens is 2. The van der Waals surface area contributed by atoms with Gasteiger partial charge >= 0.3 is 0 Å². The molecule has 2 heterocycles. The van der Waals surface area contributed by atoms with Crippen molar-refractivity contribution >= 4 is 11.4 Å². The topological polar surface area (TPSA) is 42.1 Å². The summed E-state index contributed by atoms with van der Waals surface area (Å²) in [4.78, 5) is 5.97. The van der Waals surface area contributed by atoms with Crippen molar-refractivity contribution in [3.05, 3.63) is 18.0 Å². The standard InChI is InChI=1S/C11H15F2N3/c1-8-6-10(9(14)7-15-8)16-4-2-11(12,13)3-5-16/h6-7H,2-5,14H2,1H3. The summed E-state index contributed by atoms with van der Waals surface area (Å²) < 4.78 is 26.0. The molecule has 88 valence electrons. The summed E-state index contributed by atoms with van der Waals surface area (Å²) in [6.45, 7) is 2.56. The lowest BCUT2D eigenvalue weighted by Crippen LogP contribution is -2.39. The fourth-order valence-corrected chi connectivity index (χ4v) is 1.90. The molecule has 3 nitrogen and oxygen atoms in total. The normalized spacial score (nSPS) is 19.8. The molecule has 0 atom stereocenters. The third kappa shape index (κ3) is 2.23.